The molecule has 3 saturated heterocycles. The smallest absolute Gasteiger partial charge is 0.228 e. The molecule has 4 nitrogen and oxygen atoms in total. The zero-order valence-corrected chi connectivity index (χ0v) is 11.2. The second kappa shape index (κ2) is 5.17. The topological polar surface area (TPSA) is 41.6 Å². The van der Waals surface area contributed by atoms with Crippen LogP contribution in [0.25, 0.3) is 0 Å². The van der Waals surface area contributed by atoms with E-state index in [1.54, 1.807) is 0 Å². The number of amides is 1. The molecule has 4 unspecified atom stereocenters. The molecule has 0 bridgehead atoms. The Morgan fingerprint density at radius 1 is 1.33 bits per heavy atom. The van der Waals surface area contributed by atoms with Crippen molar-refractivity contribution >= 4 is 5.91 Å². The van der Waals surface area contributed by atoms with Crippen molar-refractivity contribution in [3.05, 3.63) is 0 Å². The average molecular weight is 252 g/mol. The van der Waals surface area contributed by atoms with Crippen molar-refractivity contribution < 1.29 is 9.53 Å². The van der Waals surface area contributed by atoms with Crippen molar-refractivity contribution in [2.24, 2.45) is 5.92 Å². The van der Waals surface area contributed by atoms with E-state index in [1.165, 1.54) is 19.3 Å². The van der Waals surface area contributed by atoms with Gasteiger partial charge in [-0.3, -0.25) is 4.79 Å². The Kier molecular flexibility index (Phi) is 3.57. The summed E-state index contributed by atoms with van der Waals surface area (Å²) in [5.74, 6) is 0.456. The number of hydrogen-bond acceptors (Lipinski definition) is 3. The fourth-order valence-electron chi connectivity index (χ4n) is 3.75. The van der Waals surface area contributed by atoms with Crippen LogP contribution in [0.15, 0.2) is 0 Å². The Hall–Kier alpha value is -0.610. The Labute approximate surface area is 109 Å². The Balaban J connectivity index is 1.64. The molecule has 1 N–H and O–H groups in total. The molecule has 0 spiro atoms. The molecule has 18 heavy (non-hydrogen) atoms. The quantitative estimate of drug-likeness (QED) is 0.801. The molecular weight excluding hydrogens is 228 g/mol. The maximum Gasteiger partial charge on any atom is 0.228 e. The van der Waals surface area contributed by atoms with Crippen LogP contribution in [0.3, 0.4) is 0 Å². The third kappa shape index (κ3) is 2.28. The third-order valence-corrected chi connectivity index (χ3v) is 4.69. The van der Waals surface area contributed by atoms with E-state index in [2.05, 4.69) is 17.1 Å². The molecule has 4 atom stereocenters. The van der Waals surface area contributed by atoms with Crippen LogP contribution in [0.1, 0.15) is 39.0 Å². The van der Waals surface area contributed by atoms with E-state index >= 15 is 0 Å². The van der Waals surface area contributed by atoms with Gasteiger partial charge in [0.2, 0.25) is 5.91 Å². The molecule has 3 fully saturated rings. The van der Waals surface area contributed by atoms with Crippen LogP contribution in [0.5, 0.6) is 0 Å². The second-order valence-electron chi connectivity index (χ2n) is 6.02. The number of carbonyl (C=O) groups excluding carboxylic acids is 1. The minimum absolute atomic E-state index is 0.113. The molecule has 3 aliphatic heterocycles. The summed E-state index contributed by atoms with van der Waals surface area (Å²) < 4.78 is 5.54. The highest BCUT2D eigenvalue weighted by molar-refractivity contribution is 5.80. The van der Waals surface area contributed by atoms with Crippen molar-refractivity contribution in [1.29, 1.82) is 0 Å². The van der Waals surface area contributed by atoms with Gasteiger partial charge < -0.3 is 15.0 Å². The maximum atomic E-state index is 12.6. The first-order valence-electron chi connectivity index (χ1n) is 7.41. The monoisotopic (exact) mass is 252 g/mol. The molecule has 0 aromatic rings. The predicted octanol–water partition coefficient (Wildman–Crippen LogP) is 1.15. The van der Waals surface area contributed by atoms with Crippen molar-refractivity contribution in [2.75, 3.05) is 19.7 Å². The molecule has 0 radical (unpaired) electrons. The average Bonchev–Trinajstić information content (AvgIpc) is 3.08. The van der Waals surface area contributed by atoms with Gasteiger partial charge in [0, 0.05) is 18.6 Å². The first kappa shape index (κ1) is 12.4. The molecule has 0 saturated carbocycles. The first-order chi connectivity index (χ1) is 8.75. The van der Waals surface area contributed by atoms with E-state index in [1.807, 2.05) is 0 Å². The lowest BCUT2D eigenvalue weighted by Gasteiger charge is -2.31. The van der Waals surface area contributed by atoms with Gasteiger partial charge in [-0.05, 0) is 45.6 Å². The normalized spacial score (nSPS) is 40.6. The third-order valence-electron chi connectivity index (χ3n) is 4.69. The van der Waals surface area contributed by atoms with Gasteiger partial charge in [0.15, 0.2) is 0 Å². The summed E-state index contributed by atoms with van der Waals surface area (Å²) in [5, 5.41) is 3.56. The van der Waals surface area contributed by atoms with Crippen molar-refractivity contribution in [2.45, 2.75) is 57.2 Å². The van der Waals surface area contributed by atoms with E-state index in [9.17, 15) is 4.79 Å². The van der Waals surface area contributed by atoms with E-state index in [0.29, 0.717) is 24.6 Å². The number of likely N-dealkylation sites (tertiary alicyclic amines) is 1. The molecule has 3 rings (SSSR count). The zero-order chi connectivity index (χ0) is 12.5. The highest BCUT2D eigenvalue weighted by Crippen LogP contribution is 2.29. The molecule has 0 aliphatic carbocycles. The lowest BCUT2D eigenvalue weighted by atomic mass is 10.0. The fourth-order valence-corrected chi connectivity index (χ4v) is 3.75. The summed E-state index contributed by atoms with van der Waals surface area (Å²) in [6.07, 6.45) is 5.98. The summed E-state index contributed by atoms with van der Waals surface area (Å²) >= 11 is 0. The summed E-state index contributed by atoms with van der Waals surface area (Å²) in [6.45, 7) is 4.76. The van der Waals surface area contributed by atoms with Gasteiger partial charge in [0.25, 0.3) is 0 Å². The van der Waals surface area contributed by atoms with Crippen LogP contribution in [-0.4, -0.2) is 48.7 Å². The zero-order valence-electron chi connectivity index (χ0n) is 11.2. The number of hydrogen-bond donors (Lipinski definition) is 1. The second-order valence-corrected chi connectivity index (χ2v) is 6.02. The van der Waals surface area contributed by atoms with Gasteiger partial charge in [-0.25, -0.2) is 0 Å². The Morgan fingerprint density at radius 2 is 2.22 bits per heavy atom. The maximum absolute atomic E-state index is 12.6. The van der Waals surface area contributed by atoms with Crippen LogP contribution in [0, 0.1) is 5.92 Å². The Bertz CT molecular complexity index is 315. The van der Waals surface area contributed by atoms with E-state index in [4.69, 9.17) is 4.74 Å². The molecule has 0 aromatic carbocycles. The van der Waals surface area contributed by atoms with Gasteiger partial charge >= 0.3 is 0 Å². The molecule has 4 heteroatoms. The van der Waals surface area contributed by atoms with Gasteiger partial charge in [-0.2, -0.15) is 0 Å². The number of carbonyl (C=O) groups is 1. The predicted molar refractivity (Wildman–Crippen MR) is 69.3 cm³/mol. The van der Waals surface area contributed by atoms with E-state index in [0.717, 1.165) is 25.9 Å². The largest absolute Gasteiger partial charge is 0.378 e. The number of ether oxygens (including phenoxy) is 1. The lowest BCUT2D eigenvalue weighted by Crippen LogP contribution is -2.48. The van der Waals surface area contributed by atoms with Crippen LogP contribution < -0.4 is 5.32 Å². The minimum Gasteiger partial charge on any atom is -0.378 e. The number of nitrogens with zero attached hydrogens (tertiary/aromatic N) is 1. The fraction of sp³-hybridized carbons (Fsp3) is 0.929. The SMILES string of the molecule is CC1CC(C(=O)N2CCCC2C2CCCN2)CO1. The Morgan fingerprint density at radius 3 is 2.89 bits per heavy atom. The summed E-state index contributed by atoms with van der Waals surface area (Å²) in [4.78, 5) is 14.7. The summed E-state index contributed by atoms with van der Waals surface area (Å²) in [5.41, 5.74) is 0. The molecule has 3 heterocycles. The van der Waals surface area contributed by atoms with Crippen molar-refractivity contribution in [3.8, 4) is 0 Å². The lowest BCUT2D eigenvalue weighted by molar-refractivity contribution is -0.136. The number of rotatable bonds is 2. The highest BCUT2D eigenvalue weighted by Gasteiger charge is 2.40. The molecule has 1 amide bonds. The van der Waals surface area contributed by atoms with Gasteiger partial charge in [-0.1, -0.05) is 0 Å². The van der Waals surface area contributed by atoms with Gasteiger partial charge in [0.05, 0.1) is 18.6 Å². The van der Waals surface area contributed by atoms with Crippen LogP contribution in [-0.2, 0) is 9.53 Å². The summed E-state index contributed by atoms with van der Waals surface area (Å²) in [6, 6.07) is 0.979. The standard InChI is InChI=1S/C14H24N2O2/c1-10-8-11(9-18-10)14(17)16-7-3-5-13(16)12-4-2-6-15-12/h10-13,15H,2-9H2,1H3. The molecule has 102 valence electrons. The molecular formula is C14H24N2O2. The van der Waals surface area contributed by atoms with E-state index < -0.39 is 0 Å². The number of nitrogens with one attached hydrogen (secondary N) is 1. The van der Waals surface area contributed by atoms with Crippen LogP contribution >= 0.6 is 0 Å². The van der Waals surface area contributed by atoms with E-state index in [-0.39, 0.29) is 12.0 Å². The molecule has 3 aliphatic rings. The summed E-state index contributed by atoms with van der Waals surface area (Å²) in [7, 11) is 0. The van der Waals surface area contributed by atoms with Crippen LogP contribution in [0.4, 0.5) is 0 Å². The highest BCUT2D eigenvalue weighted by atomic mass is 16.5. The van der Waals surface area contributed by atoms with Crippen LogP contribution in [0.2, 0.25) is 0 Å². The van der Waals surface area contributed by atoms with Gasteiger partial charge in [0.1, 0.15) is 0 Å². The first-order valence-corrected chi connectivity index (χ1v) is 7.41. The van der Waals surface area contributed by atoms with Gasteiger partial charge in [-0.15, -0.1) is 0 Å². The van der Waals surface area contributed by atoms with Crippen molar-refractivity contribution in [3.63, 3.8) is 0 Å². The molecule has 0 aromatic heterocycles. The minimum atomic E-state index is 0.113. The van der Waals surface area contributed by atoms with Crippen molar-refractivity contribution in [1.82, 2.24) is 10.2 Å².